The monoisotopic (exact) mass is 549 g/mol. The molecule has 0 fully saturated rings. The summed E-state index contributed by atoms with van der Waals surface area (Å²) in [6, 6.07) is 25.8. The van der Waals surface area contributed by atoms with Gasteiger partial charge in [-0.2, -0.15) is 0 Å². The standard InChI is InChI=1S/C31H39N3O4S/c1-4-21-32-31(36)29(23-26-12-7-5-8-13-26)33(24-27-19-17-25(2)18-20-27)30(35)16-11-22-34(39(3,37)38)28-14-9-6-10-15-28/h5-10,12-15,17-20,29H,4,11,16,21-24H2,1-3H3,(H,32,36)/t29-/m1/s1. The lowest BCUT2D eigenvalue weighted by atomic mass is 10.0. The van der Waals surface area contributed by atoms with Gasteiger partial charge in [-0.1, -0.05) is 85.3 Å². The normalized spacial score (nSPS) is 12.0. The highest BCUT2D eigenvalue weighted by Crippen LogP contribution is 2.20. The fourth-order valence-electron chi connectivity index (χ4n) is 4.41. The van der Waals surface area contributed by atoms with E-state index in [0.717, 1.165) is 23.1 Å². The van der Waals surface area contributed by atoms with Gasteiger partial charge in [0.1, 0.15) is 6.04 Å². The van der Waals surface area contributed by atoms with Crippen LogP contribution in [0.4, 0.5) is 5.69 Å². The van der Waals surface area contributed by atoms with Gasteiger partial charge < -0.3 is 10.2 Å². The minimum Gasteiger partial charge on any atom is -0.354 e. The summed E-state index contributed by atoms with van der Waals surface area (Å²) in [5, 5.41) is 2.98. The number of hydrogen-bond acceptors (Lipinski definition) is 4. The van der Waals surface area contributed by atoms with Gasteiger partial charge in [0.15, 0.2) is 0 Å². The van der Waals surface area contributed by atoms with E-state index in [1.165, 1.54) is 10.6 Å². The van der Waals surface area contributed by atoms with Crippen molar-refractivity contribution in [3.63, 3.8) is 0 Å². The molecule has 0 bridgehead atoms. The fourth-order valence-corrected chi connectivity index (χ4v) is 5.37. The van der Waals surface area contributed by atoms with Crippen molar-refractivity contribution in [1.29, 1.82) is 0 Å². The molecule has 0 aliphatic carbocycles. The third-order valence-electron chi connectivity index (χ3n) is 6.49. The first-order valence-electron chi connectivity index (χ1n) is 13.4. The number of amides is 2. The third-order valence-corrected chi connectivity index (χ3v) is 7.68. The molecule has 0 saturated carbocycles. The number of nitrogens with one attached hydrogen (secondary N) is 1. The van der Waals surface area contributed by atoms with Gasteiger partial charge in [0.05, 0.1) is 11.9 Å². The molecule has 0 aliphatic heterocycles. The number of hydrogen-bond donors (Lipinski definition) is 1. The molecular formula is C31H39N3O4S. The largest absolute Gasteiger partial charge is 0.354 e. The molecule has 0 spiro atoms. The number of sulfonamides is 1. The number of anilines is 1. The maximum Gasteiger partial charge on any atom is 0.243 e. The second-order valence-corrected chi connectivity index (χ2v) is 11.7. The molecule has 1 atom stereocenters. The Morgan fingerprint density at radius 3 is 2.08 bits per heavy atom. The number of para-hydroxylation sites is 1. The molecule has 8 heteroatoms. The van der Waals surface area contributed by atoms with E-state index >= 15 is 0 Å². The van der Waals surface area contributed by atoms with E-state index in [1.54, 1.807) is 29.2 Å². The average molecular weight is 550 g/mol. The molecule has 7 nitrogen and oxygen atoms in total. The van der Waals surface area contributed by atoms with Crippen LogP contribution >= 0.6 is 0 Å². The van der Waals surface area contributed by atoms with Crippen LogP contribution in [0.1, 0.15) is 42.9 Å². The lowest BCUT2D eigenvalue weighted by Gasteiger charge is -2.32. The summed E-state index contributed by atoms with van der Waals surface area (Å²) in [7, 11) is -3.53. The van der Waals surface area contributed by atoms with Crippen LogP contribution in [0.15, 0.2) is 84.9 Å². The van der Waals surface area contributed by atoms with Crippen LogP contribution in [0.3, 0.4) is 0 Å². The second kappa shape index (κ2) is 14.5. The van der Waals surface area contributed by atoms with Gasteiger partial charge in [0.25, 0.3) is 0 Å². The molecule has 0 aliphatic rings. The van der Waals surface area contributed by atoms with Crippen molar-refractivity contribution >= 4 is 27.5 Å². The lowest BCUT2D eigenvalue weighted by molar-refractivity contribution is -0.141. The highest BCUT2D eigenvalue weighted by molar-refractivity contribution is 7.92. The number of benzene rings is 3. The Bertz CT molecular complexity index is 1300. The molecule has 0 unspecified atom stereocenters. The Labute approximate surface area is 232 Å². The van der Waals surface area contributed by atoms with Gasteiger partial charge in [-0.05, 0) is 43.0 Å². The minimum absolute atomic E-state index is 0.108. The van der Waals surface area contributed by atoms with Gasteiger partial charge in [0, 0.05) is 32.5 Å². The maximum atomic E-state index is 13.8. The zero-order valence-electron chi connectivity index (χ0n) is 23.0. The predicted molar refractivity (Wildman–Crippen MR) is 157 cm³/mol. The summed E-state index contributed by atoms with van der Waals surface area (Å²) in [5.74, 6) is -0.382. The first-order chi connectivity index (χ1) is 18.7. The van der Waals surface area contributed by atoms with E-state index in [9.17, 15) is 18.0 Å². The van der Waals surface area contributed by atoms with Crippen LogP contribution in [0.25, 0.3) is 0 Å². The van der Waals surface area contributed by atoms with Crippen molar-refractivity contribution in [2.75, 3.05) is 23.7 Å². The molecule has 0 saturated heterocycles. The summed E-state index contributed by atoms with van der Waals surface area (Å²) in [4.78, 5) is 28.8. The quantitative estimate of drug-likeness (QED) is 0.316. The van der Waals surface area contributed by atoms with Crippen molar-refractivity contribution in [2.45, 2.75) is 52.1 Å². The average Bonchev–Trinajstić information content (AvgIpc) is 2.93. The van der Waals surface area contributed by atoms with Gasteiger partial charge in [-0.25, -0.2) is 8.42 Å². The summed E-state index contributed by atoms with van der Waals surface area (Å²) >= 11 is 0. The second-order valence-electron chi connectivity index (χ2n) is 9.78. The molecular weight excluding hydrogens is 510 g/mol. The summed E-state index contributed by atoms with van der Waals surface area (Å²) in [6.45, 7) is 4.96. The Morgan fingerprint density at radius 2 is 1.49 bits per heavy atom. The smallest absolute Gasteiger partial charge is 0.243 e. The van der Waals surface area contributed by atoms with Crippen LogP contribution in [0.2, 0.25) is 0 Å². The van der Waals surface area contributed by atoms with Crippen molar-refractivity contribution in [3.05, 3.63) is 102 Å². The van der Waals surface area contributed by atoms with Gasteiger partial charge >= 0.3 is 0 Å². The Kier molecular flexibility index (Phi) is 11.1. The molecule has 1 N–H and O–H groups in total. The first kappa shape index (κ1) is 29.9. The SMILES string of the molecule is CCCNC(=O)[C@@H](Cc1ccccc1)N(Cc1ccc(C)cc1)C(=O)CCCN(c1ccccc1)S(C)(=O)=O. The zero-order valence-corrected chi connectivity index (χ0v) is 23.9. The molecule has 3 rings (SSSR count). The van der Waals surface area contributed by atoms with E-state index in [0.29, 0.717) is 25.1 Å². The van der Waals surface area contributed by atoms with Crippen LogP contribution in [0, 0.1) is 6.92 Å². The van der Waals surface area contributed by atoms with E-state index in [1.807, 2.05) is 74.5 Å². The van der Waals surface area contributed by atoms with Crippen molar-refractivity contribution in [1.82, 2.24) is 10.2 Å². The number of carbonyl (C=O) groups excluding carboxylic acids is 2. The lowest BCUT2D eigenvalue weighted by Crippen LogP contribution is -2.50. The van der Waals surface area contributed by atoms with Crippen LogP contribution in [0.5, 0.6) is 0 Å². The maximum absolute atomic E-state index is 13.8. The van der Waals surface area contributed by atoms with Crippen LogP contribution < -0.4 is 9.62 Å². The fraction of sp³-hybridized carbons (Fsp3) is 0.355. The van der Waals surface area contributed by atoms with E-state index in [-0.39, 0.29) is 31.3 Å². The Morgan fingerprint density at radius 1 is 0.872 bits per heavy atom. The number of rotatable bonds is 14. The van der Waals surface area contributed by atoms with Gasteiger partial charge in [-0.3, -0.25) is 13.9 Å². The minimum atomic E-state index is -3.53. The summed E-state index contributed by atoms with van der Waals surface area (Å²) in [6.07, 6.45) is 2.76. The number of aryl methyl sites for hydroxylation is 1. The number of nitrogens with zero attached hydrogens (tertiary/aromatic N) is 2. The van der Waals surface area contributed by atoms with Gasteiger partial charge in [0.2, 0.25) is 21.8 Å². The third kappa shape index (κ3) is 9.25. The Hall–Kier alpha value is -3.65. The molecule has 208 valence electrons. The predicted octanol–water partition coefficient (Wildman–Crippen LogP) is 4.71. The van der Waals surface area contributed by atoms with Crippen molar-refractivity contribution in [3.8, 4) is 0 Å². The molecule has 0 aromatic heterocycles. The summed E-state index contributed by atoms with van der Waals surface area (Å²) < 4.78 is 26.3. The highest BCUT2D eigenvalue weighted by atomic mass is 32.2. The first-order valence-corrected chi connectivity index (χ1v) is 15.2. The van der Waals surface area contributed by atoms with Crippen molar-refractivity contribution in [2.24, 2.45) is 0 Å². The molecule has 0 heterocycles. The molecule has 2 amide bonds. The van der Waals surface area contributed by atoms with E-state index in [4.69, 9.17) is 0 Å². The van der Waals surface area contributed by atoms with Crippen LogP contribution in [-0.2, 0) is 32.6 Å². The topological polar surface area (TPSA) is 86.8 Å². The summed E-state index contributed by atoms with van der Waals surface area (Å²) in [5.41, 5.74) is 3.56. The van der Waals surface area contributed by atoms with E-state index < -0.39 is 16.1 Å². The molecule has 0 radical (unpaired) electrons. The van der Waals surface area contributed by atoms with Crippen LogP contribution in [-0.4, -0.2) is 50.5 Å². The van der Waals surface area contributed by atoms with Crippen molar-refractivity contribution < 1.29 is 18.0 Å². The zero-order chi connectivity index (χ0) is 28.3. The number of carbonyl (C=O) groups is 2. The van der Waals surface area contributed by atoms with Gasteiger partial charge in [-0.15, -0.1) is 0 Å². The van der Waals surface area contributed by atoms with E-state index in [2.05, 4.69) is 5.32 Å². The highest BCUT2D eigenvalue weighted by Gasteiger charge is 2.30. The Balaban J connectivity index is 1.85. The molecule has 3 aromatic rings. The molecule has 39 heavy (non-hydrogen) atoms. The molecule has 3 aromatic carbocycles.